The van der Waals surface area contributed by atoms with Crippen molar-refractivity contribution in [1.29, 1.82) is 0 Å². The number of hydrogen-bond acceptors (Lipinski definition) is 3. The van der Waals surface area contributed by atoms with Crippen LogP contribution in [0.2, 0.25) is 0 Å². The molecule has 0 amide bonds. The van der Waals surface area contributed by atoms with Crippen LogP contribution in [0, 0.1) is 0 Å². The van der Waals surface area contributed by atoms with E-state index >= 15 is 0 Å². The molecule has 1 aliphatic rings. The molecule has 3 nitrogen and oxygen atoms in total. The highest BCUT2D eigenvalue weighted by Crippen LogP contribution is 2.17. The molecule has 0 fully saturated rings. The van der Waals surface area contributed by atoms with E-state index in [4.69, 9.17) is 9.84 Å². The summed E-state index contributed by atoms with van der Waals surface area (Å²) in [7, 11) is 0. The smallest absolute Gasteiger partial charge is 0.0698 e. The second-order valence-corrected chi connectivity index (χ2v) is 4.13. The van der Waals surface area contributed by atoms with Crippen molar-refractivity contribution in [2.24, 2.45) is 0 Å². The summed E-state index contributed by atoms with van der Waals surface area (Å²) in [6.45, 7) is 4.36. The van der Waals surface area contributed by atoms with E-state index in [0.29, 0.717) is 13.2 Å². The summed E-state index contributed by atoms with van der Waals surface area (Å²) in [6, 6.07) is 8.63. The molecule has 2 rings (SSSR count). The number of nitrogens with zero attached hydrogens (tertiary/aromatic N) is 1. The van der Waals surface area contributed by atoms with Crippen LogP contribution >= 0.6 is 0 Å². The van der Waals surface area contributed by atoms with Gasteiger partial charge in [0.2, 0.25) is 0 Å². The minimum Gasteiger partial charge on any atom is -0.394 e. The van der Waals surface area contributed by atoms with Crippen molar-refractivity contribution in [2.45, 2.75) is 13.0 Å². The standard InChI is InChI=1S/C13H19NO2/c15-8-10-16-9-7-14-6-5-12-3-1-2-4-13(12)11-14/h1-4,15H,5-11H2. The number of fused-ring (bicyclic) bond motifs is 1. The molecular formula is C13H19NO2. The lowest BCUT2D eigenvalue weighted by Crippen LogP contribution is -2.33. The number of benzene rings is 1. The molecule has 1 aliphatic heterocycles. The maximum atomic E-state index is 8.59. The van der Waals surface area contributed by atoms with E-state index in [1.54, 1.807) is 0 Å². The fraction of sp³-hybridized carbons (Fsp3) is 0.538. The minimum absolute atomic E-state index is 0.114. The predicted octanol–water partition coefficient (Wildman–Crippen LogP) is 1.05. The Morgan fingerprint density at radius 2 is 2.00 bits per heavy atom. The molecule has 0 radical (unpaired) electrons. The number of aliphatic hydroxyl groups is 1. The van der Waals surface area contributed by atoms with E-state index in [-0.39, 0.29) is 6.61 Å². The first kappa shape index (κ1) is 11.6. The van der Waals surface area contributed by atoms with Crippen LogP contribution in [0.5, 0.6) is 0 Å². The summed E-state index contributed by atoms with van der Waals surface area (Å²) in [5, 5.41) is 8.59. The Kier molecular flexibility index (Phi) is 4.34. The Morgan fingerprint density at radius 1 is 1.19 bits per heavy atom. The van der Waals surface area contributed by atoms with Crippen LogP contribution in [0.1, 0.15) is 11.1 Å². The molecule has 16 heavy (non-hydrogen) atoms. The van der Waals surface area contributed by atoms with Crippen LogP contribution in [0.3, 0.4) is 0 Å². The van der Waals surface area contributed by atoms with Crippen LogP contribution < -0.4 is 0 Å². The Labute approximate surface area is 96.6 Å². The van der Waals surface area contributed by atoms with Gasteiger partial charge >= 0.3 is 0 Å². The molecule has 0 bridgehead atoms. The third-order valence-corrected chi connectivity index (χ3v) is 3.00. The Hall–Kier alpha value is -0.900. The van der Waals surface area contributed by atoms with Gasteiger partial charge in [0.05, 0.1) is 19.8 Å². The molecule has 0 unspecified atom stereocenters. The summed E-state index contributed by atoms with van der Waals surface area (Å²) in [5.41, 5.74) is 2.92. The third-order valence-electron chi connectivity index (χ3n) is 3.00. The van der Waals surface area contributed by atoms with Gasteiger partial charge in [0.1, 0.15) is 0 Å². The van der Waals surface area contributed by atoms with E-state index in [9.17, 15) is 0 Å². The minimum atomic E-state index is 0.114. The van der Waals surface area contributed by atoms with Gasteiger partial charge in [0.15, 0.2) is 0 Å². The molecule has 0 aliphatic carbocycles. The maximum Gasteiger partial charge on any atom is 0.0698 e. The van der Waals surface area contributed by atoms with E-state index in [0.717, 1.165) is 26.1 Å². The predicted molar refractivity (Wildman–Crippen MR) is 63.3 cm³/mol. The number of ether oxygens (including phenoxy) is 1. The molecule has 0 atom stereocenters. The summed E-state index contributed by atoms with van der Waals surface area (Å²) in [4.78, 5) is 2.40. The Bertz CT molecular complexity index is 327. The highest BCUT2D eigenvalue weighted by atomic mass is 16.5. The van der Waals surface area contributed by atoms with Crippen LogP contribution in [0.25, 0.3) is 0 Å². The highest BCUT2D eigenvalue weighted by Gasteiger charge is 2.14. The average Bonchev–Trinajstić information content (AvgIpc) is 2.34. The Morgan fingerprint density at radius 3 is 2.81 bits per heavy atom. The second-order valence-electron chi connectivity index (χ2n) is 4.13. The van der Waals surface area contributed by atoms with Gasteiger partial charge < -0.3 is 9.84 Å². The summed E-state index contributed by atoms with van der Waals surface area (Å²) >= 11 is 0. The van der Waals surface area contributed by atoms with Crippen LogP contribution in [0.4, 0.5) is 0 Å². The van der Waals surface area contributed by atoms with Crippen LogP contribution in [-0.4, -0.2) is 42.9 Å². The van der Waals surface area contributed by atoms with Gasteiger partial charge in [-0.15, -0.1) is 0 Å². The van der Waals surface area contributed by atoms with Crippen molar-refractivity contribution in [3.63, 3.8) is 0 Å². The molecule has 0 spiro atoms. The number of hydrogen-bond donors (Lipinski definition) is 1. The molecular weight excluding hydrogens is 202 g/mol. The van der Waals surface area contributed by atoms with Gasteiger partial charge in [0, 0.05) is 19.6 Å². The molecule has 1 heterocycles. The van der Waals surface area contributed by atoms with Gasteiger partial charge in [-0.3, -0.25) is 4.90 Å². The lowest BCUT2D eigenvalue weighted by Gasteiger charge is -2.28. The zero-order valence-corrected chi connectivity index (χ0v) is 9.56. The molecule has 1 aromatic rings. The molecule has 1 aromatic carbocycles. The van der Waals surface area contributed by atoms with Crippen molar-refractivity contribution in [3.05, 3.63) is 35.4 Å². The monoisotopic (exact) mass is 221 g/mol. The van der Waals surface area contributed by atoms with Gasteiger partial charge in [-0.05, 0) is 17.5 Å². The molecule has 0 aromatic heterocycles. The SMILES string of the molecule is OCCOCCN1CCc2ccccc2C1. The largest absolute Gasteiger partial charge is 0.394 e. The first-order valence-electron chi connectivity index (χ1n) is 5.88. The summed E-state index contributed by atoms with van der Waals surface area (Å²) < 4.78 is 5.28. The normalized spacial score (nSPS) is 16.1. The van der Waals surface area contributed by atoms with E-state index in [1.807, 2.05) is 0 Å². The third kappa shape index (κ3) is 3.04. The maximum absolute atomic E-state index is 8.59. The number of aliphatic hydroxyl groups excluding tert-OH is 1. The van der Waals surface area contributed by atoms with E-state index in [1.165, 1.54) is 11.1 Å². The van der Waals surface area contributed by atoms with Crippen molar-refractivity contribution in [1.82, 2.24) is 4.90 Å². The van der Waals surface area contributed by atoms with E-state index in [2.05, 4.69) is 29.2 Å². The molecule has 0 saturated heterocycles. The first-order chi connectivity index (χ1) is 7.90. The van der Waals surface area contributed by atoms with Crippen molar-refractivity contribution in [3.8, 4) is 0 Å². The quantitative estimate of drug-likeness (QED) is 0.754. The van der Waals surface area contributed by atoms with Gasteiger partial charge in [-0.1, -0.05) is 24.3 Å². The first-order valence-corrected chi connectivity index (χ1v) is 5.88. The number of rotatable bonds is 5. The van der Waals surface area contributed by atoms with Crippen molar-refractivity contribution in [2.75, 3.05) is 32.9 Å². The van der Waals surface area contributed by atoms with Crippen LogP contribution in [-0.2, 0) is 17.7 Å². The molecule has 1 N–H and O–H groups in total. The van der Waals surface area contributed by atoms with Crippen molar-refractivity contribution >= 4 is 0 Å². The van der Waals surface area contributed by atoms with Crippen molar-refractivity contribution < 1.29 is 9.84 Å². The highest BCUT2D eigenvalue weighted by molar-refractivity contribution is 5.28. The average molecular weight is 221 g/mol. The van der Waals surface area contributed by atoms with Gasteiger partial charge in [-0.2, -0.15) is 0 Å². The lowest BCUT2D eigenvalue weighted by molar-refractivity contribution is 0.0709. The summed E-state index contributed by atoms with van der Waals surface area (Å²) in [5.74, 6) is 0. The van der Waals surface area contributed by atoms with Gasteiger partial charge in [-0.25, -0.2) is 0 Å². The Balaban J connectivity index is 1.79. The topological polar surface area (TPSA) is 32.7 Å². The fourth-order valence-electron chi connectivity index (χ4n) is 2.11. The van der Waals surface area contributed by atoms with Gasteiger partial charge in [0.25, 0.3) is 0 Å². The lowest BCUT2D eigenvalue weighted by atomic mass is 10.0. The molecule has 3 heteroatoms. The molecule has 0 saturated carbocycles. The zero-order chi connectivity index (χ0) is 11.2. The summed E-state index contributed by atoms with van der Waals surface area (Å²) in [6.07, 6.45) is 1.14. The van der Waals surface area contributed by atoms with E-state index < -0.39 is 0 Å². The fourth-order valence-corrected chi connectivity index (χ4v) is 2.11. The second kappa shape index (κ2) is 5.99. The zero-order valence-electron chi connectivity index (χ0n) is 9.56. The van der Waals surface area contributed by atoms with Crippen LogP contribution in [0.15, 0.2) is 24.3 Å². The molecule has 88 valence electrons.